The predicted molar refractivity (Wildman–Crippen MR) is 131 cm³/mol. The summed E-state index contributed by atoms with van der Waals surface area (Å²) in [5, 5.41) is 3.25. The maximum atomic E-state index is 13.2. The molecule has 0 amide bonds. The zero-order chi connectivity index (χ0) is 23.0. The third-order valence-electron chi connectivity index (χ3n) is 5.71. The zero-order valence-electron chi connectivity index (χ0n) is 19.4. The SMILES string of the molecule is CCCCOc1ccc(CN2CCN(c3nc(C)cc(Nc4ccc(F)cc4)n3)CC2)cc1. The predicted octanol–water partition coefficient (Wildman–Crippen LogP) is 5.17. The lowest BCUT2D eigenvalue weighted by molar-refractivity contribution is 0.248. The van der Waals surface area contributed by atoms with Crippen LogP contribution in [0.25, 0.3) is 0 Å². The van der Waals surface area contributed by atoms with Crippen molar-refractivity contribution in [3.63, 3.8) is 0 Å². The molecule has 4 rings (SSSR count). The second-order valence-corrected chi connectivity index (χ2v) is 8.44. The van der Waals surface area contributed by atoms with Gasteiger partial charge in [0.25, 0.3) is 0 Å². The molecule has 1 aliphatic heterocycles. The van der Waals surface area contributed by atoms with Crippen LogP contribution in [0, 0.1) is 12.7 Å². The van der Waals surface area contributed by atoms with Crippen molar-refractivity contribution in [1.82, 2.24) is 14.9 Å². The fourth-order valence-electron chi connectivity index (χ4n) is 3.83. The quantitative estimate of drug-likeness (QED) is 0.455. The third kappa shape index (κ3) is 6.65. The Morgan fingerprint density at radius 1 is 0.970 bits per heavy atom. The van der Waals surface area contributed by atoms with Gasteiger partial charge in [0, 0.05) is 50.2 Å². The number of ether oxygens (including phenoxy) is 1. The molecule has 1 aliphatic rings. The summed E-state index contributed by atoms with van der Waals surface area (Å²) in [6.45, 7) is 9.48. The van der Waals surface area contributed by atoms with Crippen LogP contribution >= 0.6 is 0 Å². The number of halogens is 1. The Morgan fingerprint density at radius 3 is 2.39 bits per heavy atom. The number of benzene rings is 2. The lowest BCUT2D eigenvalue weighted by Crippen LogP contribution is -2.46. The van der Waals surface area contributed by atoms with E-state index in [1.165, 1.54) is 17.7 Å². The van der Waals surface area contributed by atoms with Gasteiger partial charge in [0.2, 0.25) is 5.95 Å². The van der Waals surface area contributed by atoms with Gasteiger partial charge in [0.15, 0.2) is 0 Å². The molecule has 0 atom stereocenters. The van der Waals surface area contributed by atoms with Gasteiger partial charge in [-0.1, -0.05) is 25.5 Å². The van der Waals surface area contributed by atoms with Gasteiger partial charge in [-0.15, -0.1) is 0 Å². The van der Waals surface area contributed by atoms with Crippen molar-refractivity contribution in [2.24, 2.45) is 0 Å². The van der Waals surface area contributed by atoms with Crippen LogP contribution in [0.5, 0.6) is 5.75 Å². The highest BCUT2D eigenvalue weighted by Crippen LogP contribution is 2.21. The Kier molecular flexibility index (Phi) is 7.73. The number of rotatable bonds is 9. The maximum absolute atomic E-state index is 13.2. The van der Waals surface area contributed by atoms with E-state index in [1.807, 2.05) is 13.0 Å². The fraction of sp³-hybridized carbons (Fsp3) is 0.385. The molecule has 1 saturated heterocycles. The molecular weight excluding hydrogens is 417 g/mol. The Bertz CT molecular complexity index is 1020. The van der Waals surface area contributed by atoms with Gasteiger partial charge in [0.05, 0.1) is 6.61 Å². The molecule has 7 heteroatoms. The van der Waals surface area contributed by atoms with Crippen LogP contribution < -0.4 is 15.0 Å². The van der Waals surface area contributed by atoms with E-state index in [2.05, 4.69) is 51.3 Å². The van der Waals surface area contributed by atoms with Crippen LogP contribution in [-0.2, 0) is 6.54 Å². The van der Waals surface area contributed by atoms with Crippen LogP contribution in [0.1, 0.15) is 31.0 Å². The third-order valence-corrected chi connectivity index (χ3v) is 5.71. The highest BCUT2D eigenvalue weighted by atomic mass is 19.1. The van der Waals surface area contributed by atoms with Crippen LogP contribution in [0.3, 0.4) is 0 Å². The summed E-state index contributed by atoms with van der Waals surface area (Å²) < 4.78 is 18.9. The molecule has 0 saturated carbocycles. The van der Waals surface area contributed by atoms with E-state index >= 15 is 0 Å². The van der Waals surface area contributed by atoms with Crippen LogP contribution in [0.4, 0.5) is 21.8 Å². The molecule has 2 aromatic carbocycles. The first-order valence-corrected chi connectivity index (χ1v) is 11.7. The first kappa shape index (κ1) is 23.0. The Hall–Kier alpha value is -3.19. The Balaban J connectivity index is 1.31. The second kappa shape index (κ2) is 11.1. The number of aromatic nitrogens is 2. The molecular formula is C26H32FN5O. The molecule has 1 N–H and O–H groups in total. The van der Waals surface area contributed by atoms with Gasteiger partial charge >= 0.3 is 0 Å². The normalized spacial score (nSPS) is 14.3. The molecule has 174 valence electrons. The molecule has 2 heterocycles. The van der Waals surface area contributed by atoms with Crippen LogP contribution in [0.15, 0.2) is 54.6 Å². The first-order chi connectivity index (χ1) is 16.1. The molecule has 0 unspecified atom stereocenters. The summed E-state index contributed by atoms with van der Waals surface area (Å²) in [6.07, 6.45) is 2.23. The number of anilines is 3. The van der Waals surface area contributed by atoms with Crippen molar-refractivity contribution in [1.29, 1.82) is 0 Å². The van der Waals surface area contributed by atoms with Gasteiger partial charge in [-0.2, -0.15) is 4.98 Å². The number of piperazine rings is 1. The average Bonchev–Trinajstić information content (AvgIpc) is 2.82. The van der Waals surface area contributed by atoms with E-state index in [0.29, 0.717) is 5.82 Å². The van der Waals surface area contributed by atoms with Crippen molar-refractivity contribution >= 4 is 17.5 Å². The van der Waals surface area contributed by atoms with E-state index < -0.39 is 0 Å². The number of nitrogens with zero attached hydrogens (tertiary/aromatic N) is 4. The van der Waals surface area contributed by atoms with Gasteiger partial charge < -0.3 is 15.0 Å². The number of aryl methyl sites for hydroxylation is 1. The van der Waals surface area contributed by atoms with Crippen molar-refractivity contribution in [2.45, 2.75) is 33.2 Å². The Labute approximate surface area is 195 Å². The van der Waals surface area contributed by atoms with Gasteiger partial charge in [-0.3, -0.25) is 4.90 Å². The van der Waals surface area contributed by atoms with Crippen LogP contribution in [-0.4, -0.2) is 47.7 Å². The highest BCUT2D eigenvalue weighted by molar-refractivity contribution is 5.57. The minimum absolute atomic E-state index is 0.255. The van der Waals surface area contributed by atoms with E-state index in [9.17, 15) is 4.39 Å². The summed E-state index contributed by atoms with van der Waals surface area (Å²) in [6, 6.07) is 16.6. The molecule has 3 aromatic rings. The maximum Gasteiger partial charge on any atom is 0.227 e. The number of nitrogens with one attached hydrogen (secondary N) is 1. The minimum atomic E-state index is -0.255. The number of hydrogen-bond acceptors (Lipinski definition) is 6. The summed E-state index contributed by atoms with van der Waals surface area (Å²) in [5.41, 5.74) is 2.99. The smallest absolute Gasteiger partial charge is 0.227 e. The Morgan fingerprint density at radius 2 is 1.70 bits per heavy atom. The molecule has 0 aliphatic carbocycles. The molecule has 1 aromatic heterocycles. The lowest BCUT2D eigenvalue weighted by atomic mass is 10.2. The summed E-state index contributed by atoms with van der Waals surface area (Å²) in [5.74, 6) is 2.13. The van der Waals surface area contributed by atoms with Crippen molar-refractivity contribution in [3.05, 3.63) is 71.7 Å². The average molecular weight is 450 g/mol. The monoisotopic (exact) mass is 449 g/mol. The van der Waals surface area contributed by atoms with E-state index in [4.69, 9.17) is 9.72 Å². The highest BCUT2D eigenvalue weighted by Gasteiger charge is 2.20. The molecule has 0 radical (unpaired) electrons. The fourth-order valence-corrected chi connectivity index (χ4v) is 3.83. The molecule has 0 spiro atoms. The lowest BCUT2D eigenvalue weighted by Gasteiger charge is -2.35. The van der Waals surface area contributed by atoms with E-state index in [0.717, 1.165) is 75.3 Å². The van der Waals surface area contributed by atoms with E-state index in [-0.39, 0.29) is 5.82 Å². The first-order valence-electron chi connectivity index (χ1n) is 11.7. The van der Waals surface area contributed by atoms with Crippen molar-refractivity contribution in [3.8, 4) is 5.75 Å². The minimum Gasteiger partial charge on any atom is -0.494 e. The van der Waals surface area contributed by atoms with Gasteiger partial charge in [-0.05, 0) is 55.3 Å². The molecule has 0 bridgehead atoms. The van der Waals surface area contributed by atoms with Gasteiger partial charge in [-0.25, -0.2) is 9.37 Å². The second-order valence-electron chi connectivity index (χ2n) is 8.44. The topological polar surface area (TPSA) is 53.5 Å². The zero-order valence-corrected chi connectivity index (χ0v) is 19.4. The standard InChI is InChI=1S/C26H32FN5O/c1-3-4-17-33-24-11-5-21(6-12-24)19-31-13-15-32(16-14-31)26-28-20(2)18-25(30-26)29-23-9-7-22(27)8-10-23/h5-12,18H,3-4,13-17,19H2,1-2H3,(H,28,29,30). The van der Waals surface area contributed by atoms with Crippen molar-refractivity contribution < 1.29 is 9.13 Å². The molecule has 6 nitrogen and oxygen atoms in total. The summed E-state index contributed by atoms with van der Waals surface area (Å²) >= 11 is 0. The van der Waals surface area contributed by atoms with E-state index in [1.54, 1.807) is 12.1 Å². The van der Waals surface area contributed by atoms with Crippen LogP contribution in [0.2, 0.25) is 0 Å². The van der Waals surface area contributed by atoms with Gasteiger partial charge in [0.1, 0.15) is 17.4 Å². The summed E-state index contributed by atoms with van der Waals surface area (Å²) in [7, 11) is 0. The largest absolute Gasteiger partial charge is 0.494 e. The number of unbranched alkanes of at least 4 members (excludes halogenated alkanes) is 1. The van der Waals surface area contributed by atoms with Crippen molar-refractivity contribution in [2.75, 3.05) is 43.0 Å². The molecule has 33 heavy (non-hydrogen) atoms. The summed E-state index contributed by atoms with van der Waals surface area (Å²) in [4.78, 5) is 14.0. The molecule has 1 fully saturated rings. The number of hydrogen-bond donors (Lipinski definition) is 1.